The lowest BCUT2D eigenvalue weighted by Crippen LogP contribution is -2.31. The first-order valence-corrected chi connectivity index (χ1v) is 10.2. The number of carbonyl (C=O) groups is 2. The number of pyridine rings is 1. The van der Waals surface area contributed by atoms with Crippen LogP contribution in [-0.2, 0) is 6.67 Å². The summed E-state index contributed by atoms with van der Waals surface area (Å²) >= 11 is 18.5. The summed E-state index contributed by atoms with van der Waals surface area (Å²) < 4.78 is 14.4. The maximum absolute atomic E-state index is 13.3. The van der Waals surface area contributed by atoms with E-state index in [9.17, 15) is 14.0 Å². The predicted molar refractivity (Wildman–Crippen MR) is 118 cm³/mol. The lowest BCUT2D eigenvalue weighted by molar-refractivity contribution is 0.0944. The van der Waals surface area contributed by atoms with Crippen molar-refractivity contribution in [2.75, 3.05) is 5.32 Å². The third-order valence-corrected chi connectivity index (χ3v) is 4.84. The van der Waals surface area contributed by atoms with E-state index >= 15 is 0 Å². The minimum atomic E-state index is -0.901. The Bertz CT molecular complexity index is 1150. The van der Waals surface area contributed by atoms with Gasteiger partial charge >= 0.3 is 0 Å². The van der Waals surface area contributed by atoms with E-state index in [1.807, 2.05) is 0 Å². The molecule has 0 aliphatic rings. The number of aromatic nitrogens is 3. The zero-order chi connectivity index (χ0) is 22.7. The Hall–Kier alpha value is -2.68. The molecule has 162 valence electrons. The SMILES string of the molecule is CC(C)NC(=O)c1cc(Cl)cc(Cl)c1NC(=O)c1cc(CF)nn1-c1ncccc1Cl. The van der Waals surface area contributed by atoms with Gasteiger partial charge in [-0.05, 0) is 44.2 Å². The van der Waals surface area contributed by atoms with Crippen molar-refractivity contribution in [2.24, 2.45) is 0 Å². The van der Waals surface area contributed by atoms with Crippen molar-refractivity contribution in [3.63, 3.8) is 0 Å². The number of anilines is 1. The number of halogens is 4. The highest BCUT2D eigenvalue weighted by molar-refractivity contribution is 6.38. The largest absolute Gasteiger partial charge is 0.350 e. The zero-order valence-corrected chi connectivity index (χ0v) is 18.7. The molecule has 0 aliphatic carbocycles. The van der Waals surface area contributed by atoms with Crippen molar-refractivity contribution in [2.45, 2.75) is 26.6 Å². The average molecular weight is 485 g/mol. The summed E-state index contributed by atoms with van der Waals surface area (Å²) in [5.74, 6) is -1.02. The van der Waals surface area contributed by atoms with Gasteiger partial charge in [-0.25, -0.2) is 14.1 Å². The number of amides is 2. The molecule has 0 unspecified atom stereocenters. The second-order valence-electron chi connectivity index (χ2n) is 6.77. The fourth-order valence-corrected chi connectivity index (χ4v) is 3.49. The molecule has 3 aromatic rings. The van der Waals surface area contributed by atoms with Gasteiger partial charge in [-0.1, -0.05) is 34.8 Å². The van der Waals surface area contributed by atoms with Gasteiger partial charge in [0, 0.05) is 17.3 Å². The molecule has 2 aromatic heterocycles. The second-order valence-corrected chi connectivity index (χ2v) is 8.02. The van der Waals surface area contributed by atoms with Crippen molar-refractivity contribution in [3.05, 3.63) is 68.5 Å². The molecular formula is C20H17Cl3FN5O2. The Kier molecular flexibility index (Phi) is 7.15. The number of nitrogens with one attached hydrogen (secondary N) is 2. The van der Waals surface area contributed by atoms with Crippen LogP contribution >= 0.6 is 34.8 Å². The lowest BCUT2D eigenvalue weighted by atomic mass is 10.1. The van der Waals surface area contributed by atoms with Crippen molar-refractivity contribution < 1.29 is 14.0 Å². The Morgan fingerprint density at radius 2 is 1.87 bits per heavy atom. The number of hydrogen-bond acceptors (Lipinski definition) is 4. The topological polar surface area (TPSA) is 88.9 Å². The molecule has 0 atom stereocenters. The molecule has 0 fully saturated rings. The van der Waals surface area contributed by atoms with Gasteiger partial charge in [0.2, 0.25) is 0 Å². The third kappa shape index (κ3) is 5.15. The maximum atomic E-state index is 13.3. The minimum absolute atomic E-state index is 0.00634. The van der Waals surface area contributed by atoms with Crippen LogP contribution in [0.2, 0.25) is 15.1 Å². The van der Waals surface area contributed by atoms with Crippen LogP contribution in [0.4, 0.5) is 10.1 Å². The van der Waals surface area contributed by atoms with E-state index in [-0.39, 0.29) is 49.6 Å². The first-order valence-electron chi connectivity index (χ1n) is 9.08. The predicted octanol–water partition coefficient (Wildman–Crippen LogP) is 5.09. The Balaban J connectivity index is 2.04. The molecule has 2 amide bonds. The standard InChI is InChI=1S/C20H17Cl3FN5O2/c1-10(2)26-19(30)13-6-11(21)7-15(23)17(13)27-20(31)16-8-12(9-24)28-29(16)18-14(22)4-3-5-25-18/h3-8,10H,9H2,1-2H3,(H,26,30)(H,27,31). The molecule has 0 bridgehead atoms. The van der Waals surface area contributed by atoms with Crippen molar-refractivity contribution in [1.82, 2.24) is 20.1 Å². The van der Waals surface area contributed by atoms with Gasteiger partial charge in [0.25, 0.3) is 11.8 Å². The molecule has 2 N–H and O–H groups in total. The molecule has 1 aromatic carbocycles. The highest BCUT2D eigenvalue weighted by Crippen LogP contribution is 2.31. The molecule has 0 spiro atoms. The van der Waals surface area contributed by atoms with E-state index in [1.54, 1.807) is 26.0 Å². The summed E-state index contributed by atoms with van der Waals surface area (Å²) in [5, 5.41) is 9.87. The zero-order valence-electron chi connectivity index (χ0n) is 16.4. The number of carbonyl (C=O) groups excluding carboxylic acids is 2. The van der Waals surface area contributed by atoms with Crippen LogP contribution in [0.25, 0.3) is 5.82 Å². The fourth-order valence-electron chi connectivity index (χ4n) is 2.75. The number of benzene rings is 1. The normalized spacial score (nSPS) is 10.9. The Labute approximate surface area is 192 Å². The molecule has 0 radical (unpaired) electrons. The second kappa shape index (κ2) is 9.64. The van der Waals surface area contributed by atoms with Crippen molar-refractivity contribution >= 4 is 52.3 Å². The van der Waals surface area contributed by atoms with Crippen molar-refractivity contribution in [1.29, 1.82) is 0 Å². The first kappa shape index (κ1) is 23.0. The van der Waals surface area contributed by atoms with Gasteiger partial charge in [0.05, 0.1) is 27.0 Å². The molecule has 11 heteroatoms. The smallest absolute Gasteiger partial charge is 0.274 e. The van der Waals surface area contributed by atoms with Gasteiger partial charge in [-0.3, -0.25) is 9.59 Å². The van der Waals surface area contributed by atoms with Crippen LogP contribution in [0.5, 0.6) is 0 Å². The van der Waals surface area contributed by atoms with Gasteiger partial charge in [-0.2, -0.15) is 5.10 Å². The summed E-state index contributed by atoms with van der Waals surface area (Å²) in [4.78, 5) is 29.8. The van der Waals surface area contributed by atoms with Gasteiger partial charge in [0.1, 0.15) is 12.4 Å². The highest BCUT2D eigenvalue weighted by atomic mass is 35.5. The first-order chi connectivity index (χ1) is 14.7. The fraction of sp³-hybridized carbons (Fsp3) is 0.200. The van der Waals surface area contributed by atoms with Crippen molar-refractivity contribution in [3.8, 4) is 5.82 Å². The maximum Gasteiger partial charge on any atom is 0.274 e. The minimum Gasteiger partial charge on any atom is -0.350 e. The molecule has 7 nitrogen and oxygen atoms in total. The molecule has 31 heavy (non-hydrogen) atoms. The highest BCUT2D eigenvalue weighted by Gasteiger charge is 2.23. The lowest BCUT2D eigenvalue weighted by Gasteiger charge is -2.15. The van der Waals surface area contributed by atoms with E-state index in [2.05, 4.69) is 20.7 Å². The summed E-state index contributed by atoms with van der Waals surface area (Å²) in [7, 11) is 0. The summed E-state index contributed by atoms with van der Waals surface area (Å²) in [5.41, 5.74) is 0.0874. The number of alkyl halides is 1. The summed E-state index contributed by atoms with van der Waals surface area (Å²) in [6.07, 6.45) is 1.46. The van der Waals surface area contributed by atoms with Crippen LogP contribution in [0, 0.1) is 0 Å². The van der Waals surface area contributed by atoms with E-state index < -0.39 is 18.5 Å². The van der Waals surface area contributed by atoms with Crippen LogP contribution in [0.15, 0.2) is 36.5 Å². The van der Waals surface area contributed by atoms with Gasteiger partial charge in [0.15, 0.2) is 5.82 Å². The quantitative estimate of drug-likeness (QED) is 0.510. The number of hydrogen-bond donors (Lipinski definition) is 2. The average Bonchev–Trinajstić information content (AvgIpc) is 3.14. The molecule has 2 heterocycles. The summed E-state index contributed by atoms with van der Waals surface area (Å²) in [6, 6.07) is 7.06. The van der Waals surface area contributed by atoms with Gasteiger partial charge in [-0.15, -0.1) is 0 Å². The molecule has 0 saturated heterocycles. The summed E-state index contributed by atoms with van der Waals surface area (Å²) in [6.45, 7) is 2.67. The van der Waals surface area contributed by atoms with Crippen LogP contribution < -0.4 is 10.6 Å². The molecular weight excluding hydrogens is 468 g/mol. The number of nitrogens with zero attached hydrogens (tertiary/aromatic N) is 3. The monoisotopic (exact) mass is 483 g/mol. The Morgan fingerprint density at radius 1 is 1.13 bits per heavy atom. The van der Waals surface area contributed by atoms with Crippen LogP contribution in [0.1, 0.15) is 40.4 Å². The molecule has 0 aliphatic heterocycles. The van der Waals surface area contributed by atoms with E-state index in [1.165, 1.54) is 24.4 Å². The van der Waals surface area contributed by atoms with Gasteiger partial charge < -0.3 is 10.6 Å². The molecule has 0 saturated carbocycles. The molecule has 3 rings (SSSR count). The van der Waals surface area contributed by atoms with E-state index in [0.717, 1.165) is 4.68 Å². The Morgan fingerprint density at radius 3 is 2.52 bits per heavy atom. The van der Waals surface area contributed by atoms with Crippen LogP contribution in [0.3, 0.4) is 0 Å². The number of rotatable bonds is 6. The van der Waals surface area contributed by atoms with E-state index in [4.69, 9.17) is 34.8 Å². The van der Waals surface area contributed by atoms with Crippen LogP contribution in [-0.4, -0.2) is 32.6 Å². The third-order valence-electron chi connectivity index (χ3n) is 4.03. The van der Waals surface area contributed by atoms with E-state index in [0.29, 0.717) is 0 Å².